The predicted molar refractivity (Wildman–Crippen MR) is 49.3 cm³/mol. The number of nitrogens with one attached hydrogen (secondary N) is 1. The van der Waals surface area contributed by atoms with Crippen molar-refractivity contribution < 1.29 is 14.7 Å². The lowest BCUT2D eigenvalue weighted by atomic mass is 9.93. The first-order chi connectivity index (χ1) is 6.02. The van der Waals surface area contributed by atoms with Gasteiger partial charge in [-0.3, -0.25) is 4.79 Å². The lowest BCUT2D eigenvalue weighted by Crippen LogP contribution is -2.53. The Morgan fingerprint density at radius 1 is 1.46 bits per heavy atom. The molecular formula is C9H15NO3. The molecule has 0 aliphatic carbocycles. The third-order valence-corrected chi connectivity index (χ3v) is 2.16. The van der Waals surface area contributed by atoms with E-state index in [1.54, 1.807) is 13.8 Å². The van der Waals surface area contributed by atoms with Gasteiger partial charge >= 0.3 is 5.97 Å². The molecule has 1 amide bonds. The maximum absolute atomic E-state index is 11.0. The average molecular weight is 185 g/mol. The minimum atomic E-state index is -1.15. The largest absolute Gasteiger partial charge is 0.480 e. The minimum absolute atomic E-state index is 0.360. The molecule has 0 radical (unpaired) electrons. The van der Waals surface area contributed by atoms with Crippen molar-refractivity contribution in [2.75, 3.05) is 0 Å². The van der Waals surface area contributed by atoms with Crippen LogP contribution in [0.4, 0.5) is 0 Å². The smallest absolute Gasteiger partial charge is 0.329 e. The van der Waals surface area contributed by atoms with E-state index in [-0.39, 0.29) is 0 Å². The summed E-state index contributed by atoms with van der Waals surface area (Å²) < 4.78 is 0. The number of carboxylic acids is 1. The number of hydrogen-bond acceptors (Lipinski definition) is 2. The summed E-state index contributed by atoms with van der Waals surface area (Å²) in [5.41, 5.74) is -1.15. The number of amides is 1. The zero-order valence-corrected chi connectivity index (χ0v) is 7.96. The monoisotopic (exact) mass is 185 g/mol. The Labute approximate surface area is 77.6 Å². The Balaban J connectivity index is 4.67. The SMILES string of the molecule is C=CC(=O)NC(CC)(CC)C(=O)O. The topological polar surface area (TPSA) is 66.4 Å². The third kappa shape index (κ3) is 2.57. The second-order valence-corrected chi connectivity index (χ2v) is 2.79. The predicted octanol–water partition coefficient (Wildman–Crippen LogP) is 0.932. The van der Waals surface area contributed by atoms with Crippen molar-refractivity contribution in [2.24, 2.45) is 0 Å². The number of carbonyl (C=O) groups excluding carboxylic acids is 1. The summed E-state index contributed by atoms with van der Waals surface area (Å²) in [7, 11) is 0. The molecule has 0 aliphatic rings. The first-order valence-electron chi connectivity index (χ1n) is 4.20. The van der Waals surface area contributed by atoms with E-state index >= 15 is 0 Å². The molecule has 0 aromatic rings. The second kappa shape index (κ2) is 4.64. The van der Waals surface area contributed by atoms with Crippen LogP contribution in [0.25, 0.3) is 0 Å². The first kappa shape index (κ1) is 11.7. The molecule has 0 atom stereocenters. The third-order valence-electron chi connectivity index (χ3n) is 2.16. The van der Waals surface area contributed by atoms with Crippen LogP contribution in [0.2, 0.25) is 0 Å². The molecule has 0 aromatic carbocycles. The molecule has 74 valence electrons. The molecule has 0 spiro atoms. The molecule has 0 aliphatic heterocycles. The maximum atomic E-state index is 11.0. The number of rotatable bonds is 5. The van der Waals surface area contributed by atoms with Crippen molar-refractivity contribution in [1.29, 1.82) is 0 Å². The highest BCUT2D eigenvalue weighted by Gasteiger charge is 2.35. The summed E-state index contributed by atoms with van der Waals surface area (Å²) in [4.78, 5) is 21.8. The summed E-state index contributed by atoms with van der Waals surface area (Å²) in [5, 5.41) is 11.3. The van der Waals surface area contributed by atoms with Crippen molar-refractivity contribution in [3.05, 3.63) is 12.7 Å². The summed E-state index contributed by atoms with van der Waals surface area (Å²) in [6, 6.07) is 0. The van der Waals surface area contributed by atoms with Crippen molar-refractivity contribution >= 4 is 11.9 Å². The Kier molecular flexibility index (Phi) is 4.17. The van der Waals surface area contributed by atoms with Gasteiger partial charge in [-0.05, 0) is 18.9 Å². The van der Waals surface area contributed by atoms with Gasteiger partial charge in [0.15, 0.2) is 0 Å². The van der Waals surface area contributed by atoms with Crippen LogP contribution in [-0.4, -0.2) is 22.5 Å². The summed E-state index contributed by atoms with van der Waals surface area (Å²) in [5.74, 6) is -1.46. The number of aliphatic carboxylic acids is 1. The van der Waals surface area contributed by atoms with Crippen molar-refractivity contribution in [2.45, 2.75) is 32.2 Å². The van der Waals surface area contributed by atoms with Crippen molar-refractivity contribution in [3.8, 4) is 0 Å². The van der Waals surface area contributed by atoms with Crippen LogP contribution in [0, 0.1) is 0 Å². The van der Waals surface area contributed by atoms with E-state index in [9.17, 15) is 9.59 Å². The zero-order chi connectivity index (χ0) is 10.5. The molecule has 4 heteroatoms. The van der Waals surface area contributed by atoms with Gasteiger partial charge in [-0.1, -0.05) is 20.4 Å². The van der Waals surface area contributed by atoms with Gasteiger partial charge in [-0.15, -0.1) is 0 Å². The molecule has 0 saturated carbocycles. The standard InChI is InChI=1S/C9H15NO3/c1-4-7(11)10-9(5-2,6-3)8(12)13/h4H,1,5-6H2,2-3H3,(H,10,11)(H,12,13). The summed E-state index contributed by atoms with van der Waals surface area (Å²) in [6.45, 7) is 6.71. The van der Waals surface area contributed by atoms with Crippen LogP contribution in [0.5, 0.6) is 0 Å². The van der Waals surface area contributed by atoms with E-state index < -0.39 is 17.4 Å². The number of hydrogen-bond donors (Lipinski definition) is 2. The Morgan fingerprint density at radius 2 is 1.92 bits per heavy atom. The van der Waals surface area contributed by atoms with E-state index in [0.29, 0.717) is 12.8 Å². The van der Waals surface area contributed by atoms with Gasteiger partial charge < -0.3 is 10.4 Å². The molecule has 0 bridgehead atoms. The summed E-state index contributed by atoms with van der Waals surface area (Å²) >= 11 is 0. The fourth-order valence-corrected chi connectivity index (χ4v) is 1.07. The second-order valence-electron chi connectivity index (χ2n) is 2.79. The van der Waals surface area contributed by atoms with Crippen molar-refractivity contribution in [1.82, 2.24) is 5.32 Å². The molecule has 0 rings (SSSR count). The highest BCUT2D eigenvalue weighted by Crippen LogP contribution is 2.15. The van der Waals surface area contributed by atoms with Gasteiger partial charge in [-0.25, -0.2) is 4.79 Å². The van der Waals surface area contributed by atoms with E-state index in [2.05, 4.69) is 11.9 Å². The molecule has 0 unspecified atom stereocenters. The van der Waals surface area contributed by atoms with E-state index in [1.807, 2.05) is 0 Å². The fraction of sp³-hybridized carbons (Fsp3) is 0.556. The molecule has 0 heterocycles. The van der Waals surface area contributed by atoms with Gasteiger partial charge in [0.05, 0.1) is 0 Å². The van der Waals surface area contributed by atoms with Gasteiger partial charge in [0.25, 0.3) is 0 Å². The van der Waals surface area contributed by atoms with Crippen LogP contribution in [0.15, 0.2) is 12.7 Å². The van der Waals surface area contributed by atoms with Gasteiger partial charge in [0.1, 0.15) is 5.54 Å². The van der Waals surface area contributed by atoms with Gasteiger partial charge in [0.2, 0.25) is 5.91 Å². The molecule has 0 aromatic heterocycles. The maximum Gasteiger partial charge on any atom is 0.329 e. The average Bonchev–Trinajstić information content (AvgIpc) is 2.13. The van der Waals surface area contributed by atoms with Crippen LogP contribution < -0.4 is 5.32 Å². The zero-order valence-electron chi connectivity index (χ0n) is 7.96. The Hall–Kier alpha value is -1.32. The van der Waals surface area contributed by atoms with E-state index in [4.69, 9.17) is 5.11 Å². The van der Waals surface area contributed by atoms with Crippen LogP contribution in [-0.2, 0) is 9.59 Å². The molecule has 0 fully saturated rings. The lowest BCUT2D eigenvalue weighted by molar-refractivity contribution is -0.147. The van der Waals surface area contributed by atoms with E-state index in [0.717, 1.165) is 6.08 Å². The van der Waals surface area contributed by atoms with Crippen LogP contribution in [0.3, 0.4) is 0 Å². The van der Waals surface area contributed by atoms with Gasteiger partial charge in [-0.2, -0.15) is 0 Å². The molecule has 13 heavy (non-hydrogen) atoms. The fourth-order valence-electron chi connectivity index (χ4n) is 1.07. The Bertz CT molecular complexity index is 219. The van der Waals surface area contributed by atoms with Crippen LogP contribution >= 0.6 is 0 Å². The summed E-state index contributed by atoms with van der Waals surface area (Å²) in [6.07, 6.45) is 1.79. The molecule has 0 saturated heterocycles. The highest BCUT2D eigenvalue weighted by atomic mass is 16.4. The molecule has 2 N–H and O–H groups in total. The van der Waals surface area contributed by atoms with Crippen LogP contribution in [0.1, 0.15) is 26.7 Å². The normalized spacial score (nSPS) is 10.6. The minimum Gasteiger partial charge on any atom is -0.480 e. The Morgan fingerprint density at radius 3 is 2.15 bits per heavy atom. The van der Waals surface area contributed by atoms with E-state index in [1.165, 1.54) is 0 Å². The highest BCUT2D eigenvalue weighted by molar-refractivity contribution is 5.92. The quantitative estimate of drug-likeness (QED) is 0.626. The molecular weight excluding hydrogens is 170 g/mol. The lowest BCUT2D eigenvalue weighted by Gasteiger charge is -2.27. The van der Waals surface area contributed by atoms with Crippen molar-refractivity contribution in [3.63, 3.8) is 0 Å². The van der Waals surface area contributed by atoms with Gasteiger partial charge in [0, 0.05) is 0 Å². The first-order valence-corrected chi connectivity index (χ1v) is 4.20. The number of carbonyl (C=O) groups is 2. The number of carboxylic acid groups (broad SMARTS) is 1. The molecule has 4 nitrogen and oxygen atoms in total.